The van der Waals surface area contributed by atoms with Crippen molar-refractivity contribution in [3.8, 4) is 0 Å². The van der Waals surface area contributed by atoms with Crippen molar-refractivity contribution >= 4 is 5.69 Å². The number of anilines is 1. The Kier molecular flexibility index (Phi) is 5.26. The number of hydrogen-bond donors (Lipinski definition) is 1. The Bertz CT molecular complexity index is 389. The predicted molar refractivity (Wildman–Crippen MR) is 83.6 cm³/mol. The van der Waals surface area contributed by atoms with Crippen LogP contribution in [0.5, 0.6) is 0 Å². The van der Waals surface area contributed by atoms with E-state index in [1.165, 1.54) is 43.4 Å². The molecule has 2 heteroatoms. The Labute approximate surface area is 118 Å². The minimum absolute atomic E-state index is 0.485. The fourth-order valence-electron chi connectivity index (χ4n) is 3.38. The van der Waals surface area contributed by atoms with Crippen LogP contribution in [0.1, 0.15) is 45.1 Å². The summed E-state index contributed by atoms with van der Waals surface area (Å²) in [5.74, 6) is 0.668. The van der Waals surface area contributed by atoms with Crippen LogP contribution in [0.3, 0.4) is 0 Å². The summed E-state index contributed by atoms with van der Waals surface area (Å²) in [6, 6.07) is 9.37. The first-order valence-corrected chi connectivity index (χ1v) is 7.82. The molecule has 1 aromatic rings. The van der Waals surface area contributed by atoms with Gasteiger partial charge < -0.3 is 10.6 Å². The number of nitrogens with two attached hydrogens (primary N) is 1. The largest absolute Gasteiger partial charge is 0.367 e. The Balaban J connectivity index is 2.26. The predicted octanol–water partition coefficient (Wildman–Crippen LogP) is 3.59. The second-order valence-electron chi connectivity index (χ2n) is 5.85. The number of benzene rings is 1. The molecule has 2 N–H and O–H groups in total. The lowest BCUT2D eigenvalue weighted by Crippen LogP contribution is -2.45. The van der Waals surface area contributed by atoms with Crippen LogP contribution < -0.4 is 10.6 Å². The molecule has 0 amide bonds. The number of nitrogens with zero attached hydrogens (tertiary/aromatic N) is 1. The van der Waals surface area contributed by atoms with Crippen molar-refractivity contribution in [3.05, 3.63) is 29.8 Å². The van der Waals surface area contributed by atoms with Gasteiger partial charge in [0.1, 0.15) is 0 Å². The van der Waals surface area contributed by atoms with E-state index in [0.29, 0.717) is 12.0 Å². The maximum absolute atomic E-state index is 6.10. The van der Waals surface area contributed by atoms with E-state index in [9.17, 15) is 0 Å². The summed E-state index contributed by atoms with van der Waals surface area (Å²) in [5.41, 5.74) is 9.03. The van der Waals surface area contributed by atoms with Gasteiger partial charge in [0, 0.05) is 24.8 Å². The van der Waals surface area contributed by atoms with Gasteiger partial charge in [-0.1, -0.05) is 38.5 Å². The molecule has 1 heterocycles. The van der Waals surface area contributed by atoms with E-state index < -0.39 is 0 Å². The Morgan fingerprint density at radius 1 is 1.26 bits per heavy atom. The normalized spacial score (nSPS) is 18.6. The van der Waals surface area contributed by atoms with Crippen LogP contribution in [0.25, 0.3) is 0 Å². The summed E-state index contributed by atoms with van der Waals surface area (Å²) in [4.78, 5) is 2.59. The first kappa shape index (κ1) is 14.4. The lowest BCUT2D eigenvalue weighted by Gasteiger charge is -2.37. The molecule has 106 valence electrons. The smallest absolute Gasteiger partial charge is 0.0437 e. The molecule has 1 aliphatic rings. The van der Waals surface area contributed by atoms with Gasteiger partial charge in [-0.3, -0.25) is 0 Å². The fourth-order valence-corrected chi connectivity index (χ4v) is 3.38. The third-order valence-corrected chi connectivity index (χ3v) is 4.44. The topological polar surface area (TPSA) is 29.3 Å². The van der Waals surface area contributed by atoms with Crippen LogP contribution >= 0.6 is 0 Å². The highest BCUT2D eigenvalue weighted by Crippen LogP contribution is 2.30. The average Bonchev–Trinajstić information content (AvgIpc) is 2.63. The van der Waals surface area contributed by atoms with Crippen molar-refractivity contribution in [1.29, 1.82) is 0 Å². The monoisotopic (exact) mass is 260 g/mol. The molecule has 0 aromatic heterocycles. The van der Waals surface area contributed by atoms with E-state index in [4.69, 9.17) is 5.73 Å². The van der Waals surface area contributed by atoms with Crippen molar-refractivity contribution in [2.75, 3.05) is 18.0 Å². The first-order chi connectivity index (χ1) is 9.27. The van der Waals surface area contributed by atoms with Crippen molar-refractivity contribution in [2.45, 2.75) is 52.0 Å². The lowest BCUT2D eigenvalue weighted by molar-refractivity contribution is 0.400. The minimum atomic E-state index is 0.485. The SMILES string of the molecule is CCCC(C)C(CN)N1CCCCc2ccccc21. The molecular formula is C17H28N2. The zero-order chi connectivity index (χ0) is 13.7. The number of aryl methyl sites for hydroxylation is 1. The molecule has 2 nitrogen and oxygen atoms in total. The van der Waals surface area contributed by atoms with E-state index in [0.717, 1.165) is 13.1 Å². The highest BCUT2D eigenvalue weighted by Gasteiger charge is 2.25. The summed E-state index contributed by atoms with van der Waals surface area (Å²) in [6.07, 6.45) is 6.30. The molecule has 2 unspecified atom stereocenters. The van der Waals surface area contributed by atoms with Gasteiger partial charge in [0.05, 0.1) is 0 Å². The molecule has 0 spiro atoms. The zero-order valence-electron chi connectivity index (χ0n) is 12.4. The highest BCUT2D eigenvalue weighted by atomic mass is 15.2. The minimum Gasteiger partial charge on any atom is -0.367 e. The molecule has 0 fully saturated rings. The summed E-state index contributed by atoms with van der Waals surface area (Å²) in [7, 11) is 0. The fraction of sp³-hybridized carbons (Fsp3) is 0.647. The third kappa shape index (κ3) is 3.30. The van der Waals surface area contributed by atoms with Crippen molar-refractivity contribution < 1.29 is 0 Å². The number of rotatable bonds is 5. The number of fused-ring (bicyclic) bond motifs is 1. The van der Waals surface area contributed by atoms with Gasteiger partial charge in [0.2, 0.25) is 0 Å². The number of para-hydroxylation sites is 1. The van der Waals surface area contributed by atoms with Crippen LogP contribution in [0.2, 0.25) is 0 Å². The Morgan fingerprint density at radius 3 is 2.79 bits per heavy atom. The number of hydrogen-bond acceptors (Lipinski definition) is 2. The van der Waals surface area contributed by atoms with E-state index >= 15 is 0 Å². The summed E-state index contributed by atoms with van der Waals surface area (Å²) in [6.45, 7) is 6.54. The van der Waals surface area contributed by atoms with E-state index in [1.807, 2.05) is 0 Å². The van der Waals surface area contributed by atoms with Gasteiger partial charge in [-0.05, 0) is 43.2 Å². The summed E-state index contributed by atoms with van der Waals surface area (Å²) in [5, 5.41) is 0. The molecule has 1 aromatic carbocycles. The Hall–Kier alpha value is -1.02. The highest BCUT2D eigenvalue weighted by molar-refractivity contribution is 5.55. The molecular weight excluding hydrogens is 232 g/mol. The van der Waals surface area contributed by atoms with Gasteiger partial charge in [0.15, 0.2) is 0 Å². The van der Waals surface area contributed by atoms with Crippen LogP contribution in [0.15, 0.2) is 24.3 Å². The van der Waals surface area contributed by atoms with Crippen LogP contribution in [-0.2, 0) is 6.42 Å². The summed E-state index contributed by atoms with van der Waals surface area (Å²) >= 11 is 0. The zero-order valence-corrected chi connectivity index (χ0v) is 12.4. The average molecular weight is 260 g/mol. The van der Waals surface area contributed by atoms with Crippen LogP contribution in [0, 0.1) is 5.92 Å². The molecule has 1 aliphatic heterocycles. The van der Waals surface area contributed by atoms with Gasteiger partial charge in [-0.2, -0.15) is 0 Å². The molecule has 2 rings (SSSR count). The first-order valence-electron chi connectivity index (χ1n) is 7.82. The van der Waals surface area contributed by atoms with Gasteiger partial charge in [-0.15, -0.1) is 0 Å². The van der Waals surface area contributed by atoms with Crippen molar-refractivity contribution in [1.82, 2.24) is 0 Å². The molecule has 0 radical (unpaired) electrons. The Morgan fingerprint density at radius 2 is 2.05 bits per heavy atom. The molecule has 0 bridgehead atoms. The van der Waals surface area contributed by atoms with Gasteiger partial charge in [0.25, 0.3) is 0 Å². The molecule has 2 atom stereocenters. The van der Waals surface area contributed by atoms with Crippen LogP contribution in [0.4, 0.5) is 5.69 Å². The van der Waals surface area contributed by atoms with E-state index in [-0.39, 0.29) is 0 Å². The molecule has 19 heavy (non-hydrogen) atoms. The maximum Gasteiger partial charge on any atom is 0.0437 e. The molecule has 0 aliphatic carbocycles. The van der Waals surface area contributed by atoms with E-state index in [1.54, 1.807) is 0 Å². The molecule has 0 saturated heterocycles. The van der Waals surface area contributed by atoms with Crippen LogP contribution in [-0.4, -0.2) is 19.1 Å². The second kappa shape index (κ2) is 6.95. The molecule has 0 saturated carbocycles. The van der Waals surface area contributed by atoms with Crippen molar-refractivity contribution in [3.63, 3.8) is 0 Å². The quantitative estimate of drug-likeness (QED) is 0.876. The van der Waals surface area contributed by atoms with Crippen molar-refractivity contribution in [2.24, 2.45) is 11.7 Å². The van der Waals surface area contributed by atoms with Gasteiger partial charge in [-0.25, -0.2) is 0 Å². The third-order valence-electron chi connectivity index (χ3n) is 4.44. The lowest BCUT2D eigenvalue weighted by atomic mass is 9.94. The van der Waals surface area contributed by atoms with E-state index in [2.05, 4.69) is 43.0 Å². The van der Waals surface area contributed by atoms with Gasteiger partial charge >= 0.3 is 0 Å². The standard InChI is InChI=1S/C17H28N2/c1-3-8-14(2)17(13-18)19-12-7-6-10-15-9-4-5-11-16(15)19/h4-5,9,11,14,17H,3,6-8,10,12-13,18H2,1-2H3. The maximum atomic E-state index is 6.10. The second-order valence-corrected chi connectivity index (χ2v) is 5.85. The summed E-state index contributed by atoms with van der Waals surface area (Å²) < 4.78 is 0.